The van der Waals surface area contributed by atoms with E-state index in [-0.39, 0.29) is 6.61 Å². The van der Waals surface area contributed by atoms with E-state index in [2.05, 4.69) is 15.1 Å². The van der Waals surface area contributed by atoms with E-state index in [1.807, 2.05) is 19.1 Å². The lowest BCUT2D eigenvalue weighted by Crippen LogP contribution is -2.37. The number of aryl methyl sites for hydroxylation is 1. The Morgan fingerprint density at radius 1 is 1.47 bits per heavy atom. The van der Waals surface area contributed by atoms with Crippen molar-refractivity contribution in [3.8, 4) is 0 Å². The molecule has 0 aromatic carbocycles. The average Bonchev–Trinajstić information content (AvgIpc) is 2.30. The molecule has 4 heteroatoms. The second kappa shape index (κ2) is 4.57. The zero-order valence-electron chi connectivity index (χ0n) is 9.06. The SMILES string of the molecule is Cc1ccc(N2CCC[C@H](CO)C2)nn1. The van der Waals surface area contributed by atoms with Crippen LogP contribution in [0.4, 0.5) is 5.82 Å². The van der Waals surface area contributed by atoms with Crippen molar-refractivity contribution in [1.29, 1.82) is 0 Å². The molecule has 2 heterocycles. The van der Waals surface area contributed by atoms with Crippen LogP contribution in [0.15, 0.2) is 12.1 Å². The molecule has 2 rings (SSSR count). The number of anilines is 1. The Balaban J connectivity index is 2.06. The van der Waals surface area contributed by atoms with Crippen molar-refractivity contribution in [2.24, 2.45) is 5.92 Å². The molecule has 0 spiro atoms. The van der Waals surface area contributed by atoms with Gasteiger partial charge in [0.25, 0.3) is 0 Å². The topological polar surface area (TPSA) is 49.2 Å². The maximum absolute atomic E-state index is 9.14. The van der Waals surface area contributed by atoms with Gasteiger partial charge in [-0.2, -0.15) is 5.10 Å². The number of rotatable bonds is 2. The van der Waals surface area contributed by atoms with E-state index >= 15 is 0 Å². The van der Waals surface area contributed by atoms with Gasteiger partial charge in [-0.1, -0.05) is 0 Å². The zero-order valence-corrected chi connectivity index (χ0v) is 9.06. The molecule has 1 aromatic rings. The summed E-state index contributed by atoms with van der Waals surface area (Å²) < 4.78 is 0. The maximum atomic E-state index is 9.14. The molecular formula is C11H17N3O. The van der Waals surface area contributed by atoms with Crippen molar-refractivity contribution >= 4 is 5.82 Å². The largest absolute Gasteiger partial charge is 0.396 e. The fraction of sp³-hybridized carbons (Fsp3) is 0.636. The molecule has 0 unspecified atom stereocenters. The summed E-state index contributed by atoms with van der Waals surface area (Å²) in [4.78, 5) is 2.21. The van der Waals surface area contributed by atoms with E-state index in [1.54, 1.807) is 0 Å². The van der Waals surface area contributed by atoms with Gasteiger partial charge in [0.2, 0.25) is 0 Å². The highest BCUT2D eigenvalue weighted by Gasteiger charge is 2.20. The first-order valence-electron chi connectivity index (χ1n) is 5.45. The van der Waals surface area contributed by atoms with Crippen LogP contribution in [-0.2, 0) is 0 Å². The quantitative estimate of drug-likeness (QED) is 0.785. The molecule has 0 saturated carbocycles. The van der Waals surface area contributed by atoms with Crippen molar-refractivity contribution < 1.29 is 5.11 Å². The first-order valence-corrected chi connectivity index (χ1v) is 5.45. The van der Waals surface area contributed by atoms with Crippen LogP contribution in [0.2, 0.25) is 0 Å². The van der Waals surface area contributed by atoms with Crippen molar-refractivity contribution in [2.75, 3.05) is 24.6 Å². The lowest BCUT2D eigenvalue weighted by atomic mass is 9.99. The van der Waals surface area contributed by atoms with Gasteiger partial charge in [0.05, 0.1) is 5.69 Å². The third-order valence-electron chi connectivity index (χ3n) is 2.88. The molecular weight excluding hydrogens is 190 g/mol. The second-order valence-corrected chi connectivity index (χ2v) is 4.17. The first-order chi connectivity index (χ1) is 7.29. The molecule has 1 saturated heterocycles. The summed E-state index contributed by atoms with van der Waals surface area (Å²) in [6.45, 7) is 4.13. The van der Waals surface area contributed by atoms with Gasteiger partial charge in [-0.3, -0.25) is 0 Å². The maximum Gasteiger partial charge on any atom is 0.151 e. The molecule has 1 aliphatic heterocycles. The van der Waals surface area contributed by atoms with E-state index in [1.165, 1.54) is 0 Å². The Hall–Kier alpha value is -1.16. The molecule has 1 fully saturated rings. The lowest BCUT2D eigenvalue weighted by molar-refractivity contribution is 0.208. The number of piperidine rings is 1. The van der Waals surface area contributed by atoms with Crippen molar-refractivity contribution in [2.45, 2.75) is 19.8 Å². The van der Waals surface area contributed by atoms with Crippen LogP contribution < -0.4 is 4.90 Å². The van der Waals surface area contributed by atoms with Crippen LogP contribution >= 0.6 is 0 Å². The predicted molar refractivity (Wildman–Crippen MR) is 58.8 cm³/mol. The van der Waals surface area contributed by atoms with Gasteiger partial charge in [0, 0.05) is 19.7 Å². The van der Waals surface area contributed by atoms with E-state index in [0.717, 1.165) is 37.4 Å². The highest BCUT2D eigenvalue weighted by atomic mass is 16.3. The molecule has 1 aliphatic rings. The highest BCUT2D eigenvalue weighted by molar-refractivity contribution is 5.37. The van der Waals surface area contributed by atoms with E-state index in [9.17, 15) is 0 Å². The molecule has 1 aromatic heterocycles. The Labute approximate surface area is 89.9 Å². The van der Waals surface area contributed by atoms with Gasteiger partial charge >= 0.3 is 0 Å². The number of aliphatic hydroxyl groups excluding tert-OH is 1. The highest BCUT2D eigenvalue weighted by Crippen LogP contribution is 2.20. The van der Waals surface area contributed by atoms with Crippen LogP contribution in [0, 0.1) is 12.8 Å². The van der Waals surface area contributed by atoms with E-state index in [4.69, 9.17) is 5.11 Å². The van der Waals surface area contributed by atoms with Gasteiger partial charge in [-0.25, -0.2) is 0 Å². The average molecular weight is 207 g/mol. The minimum atomic E-state index is 0.274. The number of aromatic nitrogens is 2. The predicted octanol–water partition coefficient (Wildman–Crippen LogP) is 0.994. The molecule has 0 bridgehead atoms. The van der Waals surface area contributed by atoms with Crippen LogP contribution in [0.5, 0.6) is 0 Å². The summed E-state index contributed by atoms with van der Waals surface area (Å²) in [5, 5.41) is 17.4. The van der Waals surface area contributed by atoms with Gasteiger partial charge in [0.1, 0.15) is 0 Å². The molecule has 1 N–H and O–H groups in total. The zero-order chi connectivity index (χ0) is 10.7. The Morgan fingerprint density at radius 3 is 3.00 bits per heavy atom. The summed E-state index contributed by atoms with van der Waals surface area (Å²) in [6.07, 6.45) is 2.24. The lowest BCUT2D eigenvalue weighted by Gasteiger charge is -2.32. The summed E-state index contributed by atoms with van der Waals surface area (Å²) in [5.41, 5.74) is 0.939. The smallest absolute Gasteiger partial charge is 0.151 e. The monoisotopic (exact) mass is 207 g/mol. The van der Waals surface area contributed by atoms with Gasteiger partial charge in [-0.05, 0) is 37.8 Å². The van der Waals surface area contributed by atoms with Crippen LogP contribution in [0.3, 0.4) is 0 Å². The minimum Gasteiger partial charge on any atom is -0.396 e. The number of aliphatic hydroxyl groups is 1. The molecule has 0 radical (unpaired) electrons. The minimum absolute atomic E-state index is 0.274. The summed E-state index contributed by atoms with van der Waals surface area (Å²) in [7, 11) is 0. The third-order valence-corrected chi connectivity index (χ3v) is 2.88. The van der Waals surface area contributed by atoms with Crippen LogP contribution in [-0.4, -0.2) is 35.0 Å². The third kappa shape index (κ3) is 2.45. The second-order valence-electron chi connectivity index (χ2n) is 4.17. The van der Waals surface area contributed by atoms with Gasteiger partial charge in [0.15, 0.2) is 5.82 Å². The number of hydrogen-bond donors (Lipinski definition) is 1. The summed E-state index contributed by atoms with van der Waals surface area (Å²) in [5.74, 6) is 1.32. The van der Waals surface area contributed by atoms with E-state index < -0.39 is 0 Å². The van der Waals surface area contributed by atoms with Crippen molar-refractivity contribution in [1.82, 2.24) is 10.2 Å². The summed E-state index contributed by atoms with van der Waals surface area (Å²) in [6, 6.07) is 3.98. The first kappa shape index (κ1) is 10.4. The van der Waals surface area contributed by atoms with Gasteiger partial charge < -0.3 is 10.0 Å². The van der Waals surface area contributed by atoms with E-state index in [0.29, 0.717) is 5.92 Å². The molecule has 4 nitrogen and oxygen atoms in total. The Kier molecular flexibility index (Phi) is 3.16. The fourth-order valence-electron chi connectivity index (χ4n) is 1.98. The summed E-state index contributed by atoms with van der Waals surface area (Å²) >= 11 is 0. The standard InChI is InChI=1S/C11H17N3O/c1-9-4-5-11(13-12-9)14-6-2-3-10(7-14)8-15/h4-5,10,15H,2-3,6-8H2,1H3/t10-/m0/s1. The molecule has 82 valence electrons. The number of hydrogen-bond acceptors (Lipinski definition) is 4. The molecule has 1 atom stereocenters. The Bertz CT molecular complexity index is 312. The Morgan fingerprint density at radius 2 is 2.33 bits per heavy atom. The normalized spacial score (nSPS) is 21.7. The van der Waals surface area contributed by atoms with Crippen molar-refractivity contribution in [3.63, 3.8) is 0 Å². The van der Waals surface area contributed by atoms with Crippen LogP contribution in [0.1, 0.15) is 18.5 Å². The van der Waals surface area contributed by atoms with Gasteiger partial charge in [-0.15, -0.1) is 5.10 Å². The van der Waals surface area contributed by atoms with Crippen molar-refractivity contribution in [3.05, 3.63) is 17.8 Å². The van der Waals surface area contributed by atoms with Crippen LogP contribution in [0.25, 0.3) is 0 Å². The number of nitrogens with zero attached hydrogens (tertiary/aromatic N) is 3. The fourth-order valence-corrected chi connectivity index (χ4v) is 1.98. The molecule has 0 amide bonds. The molecule has 15 heavy (non-hydrogen) atoms. The molecule has 0 aliphatic carbocycles.